The number of hydrogen-bond acceptors (Lipinski definition) is 9. The highest BCUT2D eigenvalue weighted by Crippen LogP contribution is 2.47. The minimum atomic E-state index is -0.424. The average Bonchev–Trinajstić information content (AvgIpc) is 3.46. The highest BCUT2D eigenvalue weighted by atomic mass is 32.1. The zero-order valence-electron chi connectivity index (χ0n) is 20.2. The van der Waals surface area contributed by atoms with Gasteiger partial charge in [-0.1, -0.05) is 23.5 Å². The highest BCUT2D eigenvalue weighted by molar-refractivity contribution is 7.17. The first-order chi connectivity index (χ1) is 17.7. The topological polar surface area (TPSA) is 132 Å². The summed E-state index contributed by atoms with van der Waals surface area (Å²) in [6.45, 7) is 3.31. The number of thiazole rings is 1. The zero-order chi connectivity index (χ0) is 26.3. The van der Waals surface area contributed by atoms with Gasteiger partial charge >= 0.3 is 0 Å². The van der Waals surface area contributed by atoms with Crippen LogP contribution < -0.4 is 5.01 Å². The van der Waals surface area contributed by atoms with Gasteiger partial charge in [0, 0.05) is 37.1 Å². The van der Waals surface area contributed by atoms with E-state index in [9.17, 15) is 25.0 Å². The number of nitro groups is 2. The molecule has 5 rings (SSSR count). The lowest BCUT2D eigenvalue weighted by atomic mass is 9.77. The highest BCUT2D eigenvalue weighted by Gasteiger charge is 2.43. The molecule has 11 heteroatoms. The fourth-order valence-corrected chi connectivity index (χ4v) is 5.93. The number of Topliss-reactive ketones (excluding diaryl/α,β-unsaturated/α-hetero) is 1. The van der Waals surface area contributed by atoms with Crippen molar-refractivity contribution in [2.75, 3.05) is 5.01 Å². The van der Waals surface area contributed by atoms with Crippen LogP contribution in [0, 0.1) is 33.1 Å². The van der Waals surface area contributed by atoms with Crippen LogP contribution in [-0.2, 0) is 0 Å². The fraction of sp³-hybridized carbons (Fsp3) is 0.269. The van der Waals surface area contributed by atoms with Gasteiger partial charge in [-0.3, -0.25) is 25.0 Å². The quantitative estimate of drug-likeness (QED) is 0.214. The van der Waals surface area contributed by atoms with E-state index >= 15 is 0 Å². The van der Waals surface area contributed by atoms with Crippen LogP contribution >= 0.6 is 11.3 Å². The summed E-state index contributed by atoms with van der Waals surface area (Å²) >= 11 is 1.29. The lowest BCUT2D eigenvalue weighted by Gasteiger charge is -2.29. The number of carbonyl (C=O) groups is 1. The van der Waals surface area contributed by atoms with Crippen molar-refractivity contribution in [2.45, 2.75) is 39.2 Å². The molecule has 2 aliphatic rings. The maximum Gasteiger partial charge on any atom is 0.269 e. The van der Waals surface area contributed by atoms with E-state index in [0.29, 0.717) is 15.7 Å². The molecule has 2 atom stereocenters. The number of aromatic nitrogens is 1. The molecular formula is C26H23N5O5S. The number of carbonyl (C=O) groups excluding carboxylic acids is 1. The van der Waals surface area contributed by atoms with Gasteiger partial charge < -0.3 is 0 Å². The number of ketones is 1. The van der Waals surface area contributed by atoms with Crippen molar-refractivity contribution in [1.82, 2.24) is 4.98 Å². The Morgan fingerprint density at radius 3 is 2.24 bits per heavy atom. The van der Waals surface area contributed by atoms with Crippen molar-refractivity contribution in [3.8, 4) is 0 Å². The molecule has 2 unspecified atom stereocenters. The van der Waals surface area contributed by atoms with Crippen LogP contribution in [0.4, 0.5) is 16.5 Å². The van der Waals surface area contributed by atoms with Crippen LogP contribution in [0.25, 0.3) is 6.08 Å². The largest absolute Gasteiger partial charge is 0.294 e. The van der Waals surface area contributed by atoms with E-state index in [1.54, 1.807) is 31.2 Å². The first-order valence-corrected chi connectivity index (χ1v) is 12.6. The lowest BCUT2D eigenvalue weighted by Crippen LogP contribution is -2.28. The number of hydrazone groups is 1. The van der Waals surface area contributed by atoms with Crippen LogP contribution in [0.1, 0.15) is 58.7 Å². The SMILES string of the molecule is CC(=O)c1sc(N2N=C3C(=Cc4ccc([N+](=O)[O-])cc4)CCCC3C2c2ccc([N+](=O)[O-])cc2)nc1C. The molecule has 1 aliphatic heterocycles. The second kappa shape index (κ2) is 9.66. The van der Waals surface area contributed by atoms with Crippen molar-refractivity contribution < 1.29 is 14.6 Å². The summed E-state index contributed by atoms with van der Waals surface area (Å²) in [4.78, 5) is 38.7. The molecule has 2 aromatic carbocycles. The Bertz CT molecular complexity index is 1460. The van der Waals surface area contributed by atoms with E-state index in [1.165, 1.54) is 42.5 Å². The number of nitro benzene ring substituents is 2. The third-order valence-corrected chi connectivity index (χ3v) is 7.94. The maximum atomic E-state index is 12.1. The van der Waals surface area contributed by atoms with Crippen molar-refractivity contribution in [1.29, 1.82) is 0 Å². The molecule has 0 spiro atoms. The molecular weight excluding hydrogens is 494 g/mol. The van der Waals surface area contributed by atoms with Crippen LogP contribution in [-0.4, -0.2) is 26.3 Å². The zero-order valence-corrected chi connectivity index (χ0v) is 21.0. The third-order valence-electron chi connectivity index (χ3n) is 6.69. The van der Waals surface area contributed by atoms with E-state index in [2.05, 4.69) is 4.98 Å². The molecule has 37 heavy (non-hydrogen) atoms. The molecule has 1 fully saturated rings. The van der Waals surface area contributed by atoms with Gasteiger partial charge in [0.2, 0.25) is 5.13 Å². The Labute approximate surface area is 216 Å². The second-order valence-corrected chi connectivity index (χ2v) is 10.1. The van der Waals surface area contributed by atoms with Crippen molar-refractivity contribution >= 4 is 45.4 Å². The molecule has 1 saturated carbocycles. The molecule has 1 aromatic heterocycles. The second-order valence-electron chi connectivity index (χ2n) is 9.11. The summed E-state index contributed by atoms with van der Waals surface area (Å²) in [6.07, 6.45) is 4.62. The molecule has 0 amide bonds. The molecule has 0 N–H and O–H groups in total. The van der Waals surface area contributed by atoms with Crippen LogP contribution in [0.5, 0.6) is 0 Å². The van der Waals surface area contributed by atoms with Gasteiger partial charge in [-0.15, -0.1) is 0 Å². The number of rotatable bonds is 6. The number of anilines is 1. The van der Waals surface area contributed by atoms with Gasteiger partial charge in [0.15, 0.2) is 5.78 Å². The standard InChI is InChI=1S/C26H23N5O5S/c1-15-25(16(2)32)37-26(27-15)29-24(18-8-12-21(13-9-18)31(35)36)22-5-3-4-19(23(22)28-29)14-17-6-10-20(11-7-17)30(33)34/h6-14,22,24H,3-5H2,1-2H3. The summed E-state index contributed by atoms with van der Waals surface area (Å²) in [5.41, 5.74) is 4.37. The van der Waals surface area contributed by atoms with Crippen molar-refractivity contribution in [2.24, 2.45) is 11.0 Å². The number of non-ortho nitro benzene ring substituents is 2. The molecule has 3 aromatic rings. The van der Waals surface area contributed by atoms with Gasteiger partial charge in [0.05, 0.1) is 32.2 Å². The van der Waals surface area contributed by atoms with Crippen LogP contribution in [0.15, 0.2) is 59.2 Å². The Kier molecular flexibility index (Phi) is 6.38. The number of nitrogens with zero attached hydrogens (tertiary/aromatic N) is 5. The molecule has 1 aliphatic carbocycles. The van der Waals surface area contributed by atoms with Crippen LogP contribution in [0.3, 0.4) is 0 Å². The number of aryl methyl sites for hydroxylation is 1. The van der Waals surface area contributed by atoms with Gasteiger partial charge in [-0.05, 0) is 61.1 Å². The lowest BCUT2D eigenvalue weighted by molar-refractivity contribution is -0.385. The van der Waals surface area contributed by atoms with E-state index in [-0.39, 0.29) is 29.1 Å². The van der Waals surface area contributed by atoms with Gasteiger partial charge in [-0.2, -0.15) is 5.10 Å². The van der Waals surface area contributed by atoms with E-state index in [4.69, 9.17) is 5.10 Å². The van der Waals surface area contributed by atoms with Gasteiger partial charge in [-0.25, -0.2) is 9.99 Å². The predicted molar refractivity (Wildman–Crippen MR) is 141 cm³/mol. The Balaban J connectivity index is 1.58. The normalized spacial score (nSPS) is 20.0. The Hall–Kier alpha value is -4.25. The molecule has 0 saturated heterocycles. The summed E-state index contributed by atoms with van der Waals surface area (Å²) in [5, 5.41) is 29.7. The van der Waals surface area contributed by atoms with Gasteiger partial charge in [0.25, 0.3) is 11.4 Å². The van der Waals surface area contributed by atoms with E-state index in [0.717, 1.165) is 41.7 Å². The summed E-state index contributed by atoms with van der Waals surface area (Å²) < 4.78 is 0. The number of benzene rings is 2. The van der Waals surface area contributed by atoms with Crippen molar-refractivity contribution in [3.05, 3.63) is 96.0 Å². The molecule has 0 radical (unpaired) electrons. The monoisotopic (exact) mass is 517 g/mol. The molecule has 2 heterocycles. The first kappa shape index (κ1) is 24.4. The Morgan fingerprint density at radius 1 is 1.05 bits per heavy atom. The molecule has 0 bridgehead atoms. The maximum absolute atomic E-state index is 12.1. The number of hydrogen-bond donors (Lipinski definition) is 0. The minimum absolute atomic E-state index is 0.0146. The summed E-state index contributed by atoms with van der Waals surface area (Å²) in [5.74, 6) is -0.0411. The average molecular weight is 518 g/mol. The van der Waals surface area contributed by atoms with Crippen molar-refractivity contribution in [3.63, 3.8) is 0 Å². The summed E-state index contributed by atoms with van der Waals surface area (Å²) in [6, 6.07) is 12.7. The molecule has 188 valence electrons. The van der Waals surface area contributed by atoms with Gasteiger partial charge in [0.1, 0.15) is 0 Å². The van der Waals surface area contributed by atoms with E-state index < -0.39 is 9.85 Å². The smallest absolute Gasteiger partial charge is 0.269 e. The fourth-order valence-electron chi connectivity index (χ4n) is 4.98. The number of fused-ring (bicyclic) bond motifs is 1. The van der Waals surface area contributed by atoms with E-state index in [1.807, 2.05) is 11.1 Å². The summed E-state index contributed by atoms with van der Waals surface area (Å²) in [7, 11) is 0. The Morgan fingerprint density at radius 2 is 1.68 bits per heavy atom. The number of allylic oxidation sites excluding steroid dienone is 1. The third kappa shape index (κ3) is 4.65. The minimum Gasteiger partial charge on any atom is -0.294 e. The first-order valence-electron chi connectivity index (χ1n) is 11.8. The predicted octanol–water partition coefficient (Wildman–Crippen LogP) is 6.27. The van der Waals surface area contributed by atoms with Crippen LogP contribution in [0.2, 0.25) is 0 Å². The molecule has 10 nitrogen and oxygen atoms in total.